The molecule has 1 atom stereocenters. The molecule has 5 amide bonds. The van der Waals surface area contributed by atoms with Crippen LogP contribution in [0.15, 0.2) is 60.8 Å². The second kappa shape index (κ2) is 16.1. The number of halogens is 2. The number of hydrogen-bond acceptors (Lipinski definition) is 11. The van der Waals surface area contributed by atoms with E-state index in [4.69, 9.17) is 28.2 Å². The van der Waals surface area contributed by atoms with Crippen molar-refractivity contribution >= 4 is 81.6 Å². The number of hydrogen-bond donors (Lipinski definition) is 2. The van der Waals surface area contributed by atoms with Gasteiger partial charge in [0.15, 0.2) is 0 Å². The van der Waals surface area contributed by atoms with E-state index in [9.17, 15) is 24.0 Å². The van der Waals surface area contributed by atoms with Crippen molar-refractivity contribution in [2.75, 3.05) is 66.5 Å². The van der Waals surface area contributed by atoms with Crippen LogP contribution in [0.2, 0.25) is 10.0 Å². The monoisotopic (exact) mass is 849 g/mol. The number of carbonyl (C=O) groups is 5. The van der Waals surface area contributed by atoms with Crippen molar-refractivity contribution in [3.8, 4) is 0 Å². The van der Waals surface area contributed by atoms with Crippen LogP contribution in [0.4, 0.5) is 28.8 Å². The summed E-state index contributed by atoms with van der Waals surface area (Å²) in [4.78, 5) is 82.8. The fourth-order valence-electron chi connectivity index (χ4n) is 9.41. The van der Waals surface area contributed by atoms with E-state index < -0.39 is 23.8 Å². The van der Waals surface area contributed by atoms with Crippen LogP contribution in [0.3, 0.4) is 0 Å². The second-order valence-corrected chi connectivity index (χ2v) is 17.3. The molecule has 5 aliphatic heterocycles. The number of benzene rings is 3. The Morgan fingerprint density at radius 3 is 2.27 bits per heavy atom. The molecule has 1 unspecified atom stereocenters. The van der Waals surface area contributed by atoms with Crippen molar-refractivity contribution in [3.63, 3.8) is 0 Å². The first kappa shape index (κ1) is 39.9. The predicted molar refractivity (Wildman–Crippen MR) is 230 cm³/mol. The van der Waals surface area contributed by atoms with E-state index in [1.54, 1.807) is 24.3 Å². The Kier molecular flexibility index (Phi) is 10.7. The van der Waals surface area contributed by atoms with Crippen LogP contribution < -0.4 is 25.3 Å². The van der Waals surface area contributed by atoms with Gasteiger partial charge in [0, 0.05) is 50.7 Å². The molecule has 0 bridgehead atoms. The van der Waals surface area contributed by atoms with Crippen molar-refractivity contribution in [3.05, 3.63) is 98.7 Å². The van der Waals surface area contributed by atoms with E-state index in [1.165, 1.54) is 16.8 Å². The molecule has 16 heteroatoms. The number of rotatable bonds is 8. The van der Waals surface area contributed by atoms with Gasteiger partial charge in [-0.2, -0.15) is 4.98 Å². The molecule has 14 nitrogen and oxygen atoms in total. The number of aryl methyl sites for hydroxylation is 1. The Hall–Kier alpha value is -5.57. The largest absolute Gasteiger partial charge is 0.371 e. The molecular formula is C44H45Cl2N9O5. The minimum Gasteiger partial charge on any atom is -0.371 e. The molecule has 0 aliphatic carbocycles. The molecule has 6 heterocycles. The van der Waals surface area contributed by atoms with Crippen LogP contribution in [0.1, 0.15) is 86.6 Å². The third-order valence-electron chi connectivity index (χ3n) is 12.6. The first-order valence-electron chi connectivity index (χ1n) is 20.5. The van der Waals surface area contributed by atoms with Crippen LogP contribution >= 0.6 is 23.2 Å². The van der Waals surface area contributed by atoms with Gasteiger partial charge in [-0.15, -0.1) is 0 Å². The molecule has 3 fully saturated rings. The Balaban J connectivity index is 0.761. The Morgan fingerprint density at radius 2 is 1.55 bits per heavy atom. The molecule has 1 aromatic heterocycles. The molecule has 5 aliphatic rings. The predicted octanol–water partition coefficient (Wildman–Crippen LogP) is 6.39. The van der Waals surface area contributed by atoms with Gasteiger partial charge in [0.1, 0.15) is 17.4 Å². The first-order chi connectivity index (χ1) is 28.9. The Bertz CT molecular complexity index is 2410. The van der Waals surface area contributed by atoms with Crippen LogP contribution in [0, 0.1) is 12.8 Å². The van der Waals surface area contributed by atoms with Gasteiger partial charge < -0.3 is 20.0 Å². The van der Waals surface area contributed by atoms with Gasteiger partial charge in [-0.05, 0) is 118 Å². The normalized spacial score (nSPS) is 20.5. The molecule has 3 aromatic carbocycles. The lowest BCUT2D eigenvalue weighted by Gasteiger charge is -2.39. The van der Waals surface area contributed by atoms with E-state index in [1.807, 2.05) is 30.1 Å². The number of likely N-dealkylation sites (tertiary alicyclic amines) is 1. The highest BCUT2D eigenvalue weighted by Crippen LogP contribution is 2.39. The van der Waals surface area contributed by atoms with Gasteiger partial charge in [0.2, 0.25) is 17.8 Å². The molecule has 9 rings (SSSR count). The summed E-state index contributed by atoms with van der Waals surface area (Å²) in [7, 11) is 1.86. The van der Waals surface area contributed by atoms with E-state index in [0.717, 1.165) is 80.1 Å². The number of aromatic nitrogens is 2. The van der Waals surface area contributed by atoms with Gasteiger partial charge in [-0.25, -0.2) is 4.98 Å². The van der Waals surface area contributed by atoms with Crippen LogP contribution in [-0.2, 0) is 9.59 Å². The summed E-state index contributed by atoms with van der Waals surface area (Å²) in [6.07, 6.45) is 5.95. The van der Waals surface area contributed by atoms with Crippen molar-refractivity contribution in [2.24, 2.45) is 5.92 Å². The summed E-state index contributed by atoms with van der Waals surface area (Å²) >= 11 is 12.8. The summed E-state index contributed by atoms with van der Waals surface area (Å²) in [6, 6.07) is 16.0. The molecule has 0 radical (unpaired) electrons. The smallest absolute Gasteiger partial charge is 0.265 e. The fourth-order valence-corrected chi connectivity index (χ4v) is 10.0. The number of anilines is 5. The summed E-state index contributed by atoms with van der Waals surface area (Å²) in [5.41, 5.74) is 5.77. The zero-order valence-electron chi connectivity index (χ0n) is 33.4. The van der Waals surface area contributed by atoms with Gasteiger partial charge >= 0.3 is 0 Å². The number of fused-ring (bicyclic) bond motifs is 2. The van der Waals surface area contributed by atoms with Crippen LogP contribution in [-0.4, -0.2) is 102 Å². The summed E-state index contributed by atoms with van der Waals surface area (Å²) in [6.45, 7) is 7.33. The standard InChI is InChI=1S/C44H45Cl2N9O5/c1-25-20-29(48-44-47-22-32-39(50-44)51(2)24-54(41(32)58)38-33(45)4-3-5-34(38)46)7-9-35(25)53-18-12-26(13-19-53)23-52-16-14-27(15-17-52)28-6-8-30-31(21-28)43(60)55(42(30)59)36-10-11-37(56)49-40(36)57/h3-9,20-22,26-27,36H,10-19,23-24H2,1-2H3,(H,47,48,50)(H,49,56,57). The number of para-hydroxylation sites is 1. The zero-order chi connectivity index (χ0) is 41.8. The number of nitrogens with zero attached hydrogens (tertiary/aromatic N) is 7. The quantitative estimate of drug-likeness (QED) is 0.190. The van der Waals surface area contributed by atoms with Gasteiger partial charge in [-0.3, -0.25) is 39.1 Å². The molecule has 0 saturated carbocycles. The van der Waals surface area contributed by atoms with E-state index in [0.29, 0.717) is 50.1 Å². The number of amides is 5. The van der Waals surface area contributed by atoms with E-state index in [2.05, 4.69) is 44.5 Å². The maximum Gasteiger partial charge on any atom is 0.265 e. The molecule has 4 aromatic rings. The van der Waals surface area contributed by atoms with E-state index in [-0.39, 0.29) is 37.2 Å². The highest BCUT2D eigenvalue weighted by atomic mass is 35.5. The van der Waals surface area contributed by atoms with Gasteiger partial charge in [0.25, 0.3) is 17.7 Å². The highest BCUT2D eigenvalue weighted by molar-refractivity contribution is 6.40. The van der Waals surface area contributed by atoms with Gasteiger partial charge in [-0.1, -0.05) is 35.3 Å². The number of nitrogens with one attached hydrogen (secondary N) is 2. The average molecular weight is 851 g/mol. The molecule has 0 spiro atoms. The van der Waals surface area contributed by atoms with Crippen molar-refractivity contribution in [1.29, 1.82) is 0 Å². The molecular weight excluding hydrogens is 805 g/mol. The van der Waals surface area contributed by atoms with E-state index >= 15 is 0 Å². The molecule has 310 valence electrons. The highest BCUT2D eigenvalue weighted by Gasteiger charge is 2.45. The molecule has 2 N–H and O–H groups in total. The van der Waals surface area contributed by atoms with Crippen molar-refractivity contribution in [2.45, 2.75) is 57.4 Å². The number of imide groups is 2. The minimum absolute atomic E-state index is 0.0995. The maximum absolute atomic E-state index is 13.5. The summed E-state index contributed by atoms with van der Waals surface area (Å²) < 4.78 is 0. The fraction of sp³-hybridized carbons (Fsp3) is 0.386. The van der Waals surface area contributed by atoms with Gasteiger partial charge in [0.05, 0.1) is 33.5 Å². The average Bonchev–Trinajstić information content (AvgIpc) is 3.48. The van der Waals surface area contributed by atoms with Crippen molar-refractivity contribution < 1.29 is 24.0 Å². The number of carbonyl (C=O) groups excluding carboxylic acids is 5. The van der Waals surface area contributed by atoms with Crippen LogP contribution in [0.5, 0.6) is 0 Å². The lowest BCUT2D eigenvalue weighted by Crippen LogP contribution is -2.54. The third kappa shape index (κ3) is 7.45. The summed E-state index contributed by atoms with van der Waals surface area (Å²) in [5, 5.41) is 6.36. The third-order valence-corrected chi connectivity index (χ3v) is 13.2. The Labute approximate surface area is 357 Å². The number of piperidine rings is 3. The first-order valence-corrected chi connectivity index (χ1v) is 21.2. The molecule has 3 saturated heterocycles. The minimum atomic E-state index is -0.960. The zero-order valence-corrected chi connectivity index (χ0v) is 34.9. The van der Waals surface area contributed by atoms with Crippen LogP contribution in [0.25, 0.3) is 0 Å². The molecule has 60 heavy (non-hydrogen) atoms. The summed E-state index contributed by atoms with van der Waals surface area (Å²) in [5.74, 6) is -0.362. The topological polar surface area (TPSA) is 151 Å². The Morgan fingerprint density at radius 1 is 0.817 bits per heavy atom. The van der Waals surface area contributed by atoms with Crippen molar-refractivity contribution in [1.82, 2.24) is 25.1 Å². The lowest BCUT2D eigenvalue weighted by molar-refractivity contribution is -0.136. The second-order valence-electron chi connectivity index (χ2n) is 16.5. The maximum atomic E-state index is 13.5. The lowest BCUT2D eigenvalue weighted by atomic mass is 9.87. The SMILES string of the molecule is Cc1cc(Nc2ncc3c(n2)N(C)CN(c2c(Cl)cccc2Cl)C3=O)ccc1N1CCC(CN2CCC(c3ccc4c(c3)C(=O)N(C3CCC(=O)NC3=O)C4=O)CC2)CC1.